The van der Waals surface area contributed by atoms with Gasteiger partial charge < -0.3 is 4.42 Å². The molecule has 0 aliphatic heterocycles. The number of nitrogens with zero attached hydrogens (tertiary/aromatic N) is 4. The molecule has 0 radical (unpaired) electrons. The van der Waals surface area contributed by atoms with E-state index in [1.165, 1.54) is 26.9 Å². The van der Waals surface area contributed by atoms with Gasteiger partial charge in [-0.2, -0.15) is 0 Å². The molecule has 0 N–H and O–H groups in total. The summed E-state index contributed by atoms with van der Waals surface area (Å²) in [5.41, 5.74) is 5.20. The van der Waals surface area contributed by atoms with Gasteiger partial charge in [-0.15, -0.1) is 0 Å². The van der Waals surface area contributed by atoms with E-state index in [0.29, 0.717) is 17.5 Å². The fourth-order valence-electron chi connectivity index (χ4n) is 6.75. The predicted molar refractivity (Wildman–Crippen MR) is 191 cm³/mol. The second kappa shape index (κ2) is 10.0. The van der Waals surface area contributed by atoms with Gasteiger partial charge in [0.2, 0.25) is 0 Å². The van der Waals surface area contributed by atoms with Gasteiger partial charge >= 0.3 is 0 Å². The molecule has 0 fully saturated rings. The van der Waals surface area contributed by atoms with Crippen LogP contribution < -0.4 is 0 Å². The monoisotopic (exact) mass is 600 g/mol. The first kappa shape index (κ1) is 25.8. The van der Waals surface area contributed by atoms with Crippen LogP contribution in [0.3, 0.4) is 0 Å². The molecule has 5 nitrogen and oxygen atoms in total. The Balaban J connectivity index is 1.21. The quantitative estimate of drug-likeness (QED) is 0.189. The lowest BCUT2D eigenvalue weighted by atomic mass is 9.99. The number of furan rings is 1. The van der Waals surface area contributed by atoms with E-state index in [2.05, 4.69) is 132 Å². The van der Waals surface area contributed by atoms with Crippen molar-refractivity contribution in [3.05, 3.63) is 146 Å². The van der Waals surface area contributed by atoms with Gasteiger partial charge in [-0.05, 0) is 74.1 Å². The third kappa shape index (κ3) is 4.17. The highest BCUT2D eigenvalue weighted by molar-refractivity contribution is 6.14. The van der Waals surface area contributed by atoms with E-state index in [4.69, 9.17) is 19.4 Å². The van der Waals surface area contributed by atoms with E-state index in [0.717, 1.165) is 54.9 Å². The SMILES string of the molecule is c1ccc2cc(-c3nc(-c4ccc5ccc6ccccc6c5c4)nc(-c4ccc5ccc6c7ncccc7oc6c5c4)n3)ccc2c1. The summed E-state index contributed by atoms with van der Waals surface area (Å²) in [6.45, 7) is 0. The lowest BCUT2D eigenvalue weighted by molar-refractivity contribution is 0.672. The van der Waals surface area contributed by atoms with Crippen molar-refractivity contribution in [3.63, 3.8) is 0 Å². The molecule has 10 rings (SSSR count). The Morgan fingerprint density at radius 1 is 0.383 bits per heavy atom. The summed E-state index contributed by atoms with van der Waals surface area (Å²) in [6.07, 6.45) is 1.80. The summed E-state index contributed by atoms with van der Waals surface area (Å²) in [4.78, 5) is 19.9. The Hall–Kier alpha value is -6.46. The Labute approximate surface area is 268 Å². The number of rotatable bonds is 3. The Bertz CT molecular complexity index is 2870. The second-order valence-corrected chi connectivity index (χ2v) is 11.9. The summed E-state index contributed by atoms with van der Waals surface area (Å²) in [5.74, 6) is 1.85. The van der Waals surface area contributed by atoms with Crippen LogP contribution in [-0.4, -0.2) is 19.9 Å². The molecule has 0 amide bonds. The number of hydrogen-bond donors (Lipinski definition) is 0. The number of benzene rings is 7. The van der Waals surface area contributed by atoms with Gasteiger partial charge in [0.1, 0.15) is 11.1 Å². The van der Waals surface area contributed by atoms with Crippen LogP contribution in [0.1, 0.15) is 0 Å². The van der Waals surface area contributed by atoms with E-state index in [1.807, 2.05) is 12.1 Å². The molecule has 3 heterocycles. The average Bonchev–Trinajstić information content (AvgIpc) is 3.53. The highest BCUT2D eigenvalue weighted by Gasteiger charge is 2.16. The van der Waals surface area contributed by atoms with E-state index < -0.39 is 0 Å². The van der Waals surface area contributed by atoms with Gasteiger partial charge in [-0.3, -0.25) is 4.98 Å². The zero-order valence-corrected chi connectivity index (χ0v) is 25.1. The van der Waals surface area contributed by atoms with E-state index in [-0.39, 0.29) is 0 Å². The van der Waals surface area contributed by atoms with Crippen molar-refractivity contribution in [3.8, 4) is 34.2 Å². The maximum absolute atomic E-state index is 6.34. The fraction of sp³-hybridized carbons (Fsp3) is 0. The molecular weight excluding hydrogens is 576 g/mol. The van der Waals surface area contributed by atoms with E-state index in [1.54, 1.807) is 6.20 Å². The lowest BCUT2D eigenvalue weighted by Gasteiger charge is -2.11. The largest absolute Gasteiger partial charge is 0.454 e. The second-order valence-electron chi connectivity index (χ2n) is 11.9. The maximum atomic E-state index is 6.34. The molecule has 0 unspecified atom stereocenters. The average molecular weight is 601 g/mol. The van der Waals surface area contributed by atoms with Crippen molar-refractivity contribution < 1.29 is 4.42 Å². The summed E-state index contributed by atoms with van der Waals surface area (Å²) in [6, 6.07) is 48.3. The molecule has 0 bridgehead atoms. The van der Waals surface area contributed by atoms with Crippen molar-refractivity contribution in [2.45, 2.75) is 0 Å². The molecule has 0 aliphatic rings. The van der Waals surface area contributed by atoms with Crippen molar-refractivity contribution in [2.24, 2.45) is 0 Å². The standard InChI is InChI=1S/C42H24N4O/c1-2-8-29-22-30(16-11-25(29)6-1)40-44-41(31-17-14-27-13-12-26-7-3-4-9-33(26)35(27)23-31)46-42(45-40)32-18-15-28-19-20-34-38-37(10-5-21-43-38)47-39(34)36(28)24-32/h1-24H. The van der Waals surface area contributed by atoms with Gasteiger partial charge in [0.25, 0.3) is 0 Å². The Morgan fingerprint density at radius 3 is 1.70 bits per heavy atom. The number of aromatic nitrogens is 4. The summed E-state index contributed by atoms with van der Waals surface area (Å²) in [5, 5.41) is 10.1. The lowest BCUT2D eigenvalue weighted by Crippen LogP contribution is -2.00. The molecule has 5 heteroatoms. The molecule has 3 aromatic heterocycles. The van der Waals surface area contributed by atoms with Gasteiger partial charge in [0.05, 0.1) is 0 Å². The molecule has 0 saturated heterocycles. The van der Waals surface area contributed by atoms with Crippen molar-refractivity contribution in [1.29, 1.82) is 0 Å². The number of fused-ring (bicyclic) bond motifs is 9. The van der Waals surface area contributed by atoms with Crippen LogP contribution in [0, 0.1) is 0 Å². The number of hydrogen-bond acceptors (Lipinski definition) is 5. The molecule has 0 saturated carbocycles. The van der Waals surface area contributed by atoms with Crippen LogP contribution in [0.4, 0.5) is 0 Å². The normalized spacial score (nSPS) is 11.8. The summed E-state index contributed by atoms with van der Waals surface area (Å²) < 4.78 is 6.34. The highest BCUT2D eigenvalue weighted by atomic mass is 16.3. The smallest absolute Gasteiger partial charge is 0.164 e. The first-order valence-corrected chi connectivity index (χ1v) is 15.6. The third-order valence-electron chi connectivity index (χ3n) is 9.12. The van der Waals surface area contributed by atoms with Crippen LogP contribution >= 0.6 is 0 Å². The van der Waals surface area contributed by atoms with Crippen LogP contribution in [0.25, 0.3) is 99.3 Å². The minimum atomic E-state index is 0.601. The number of pyridine rings is 1. The molecule has 10 aromatic rings. The van der Waals surface area contributed by atoms with Gasteiger partial charge in [-0.25, -0.2) is 15.0 Å². The van der Waals surface area contributed by atoms with Gasteiger partial charge in [0.15, 0.2) is 23.1 Å². The molecule has 218 valence electrons. The summed E-state index contributed by atoms with van der Waals surface area (Å²) >= 11 is 0. The van der Waals surface area contributed by atoms with Crippen LogP contribution in [0.2, 0.25) is 0 Å². The fourth-order valence-corrected chi connectivity index (χ4v) is 6.75. The van der Waals surface area contributed by atoms with Crippen LogP contribution in [0.5, 0.6) is 0 Å². The zero-order chi connectivity index (χ0) is 30.9. The molecule has 0 aliphatic carbocycles. The topological polar surface area (TPSA) is 64.7 Å². The van der Waals surface area contributed by atoms with Crippen LogP contribution in [-0.2, 0) is 0 Å². The minimum absolute atomic E-state index is 0.601. The first-order chi connectivity index (χ1) is 23.2. The zero-order valence-electron chi connectivity index (χ0n) is 25.1. The van der Waals surface area contributed by atoms with Crippen molar-refractivity contribution in [2.75, 3.05) is 0 Å². The van der Waals surface area contributed by atoms with Crippen molar-refractivity contribution in [1.82, 2.24) is 19.9 Å². The molecule has 7 aromatic carbocycles. The Kier molecular flexibility index (Phi) is 5.51. The maximum Gasteiger partial charge on any atom is 0.164 e. The van der Waals surface area contributed by atoms with E-state index >= 15 is 0 Å². The molecule has 47 heavy (non-hydrogen) atoms. The summed E-state index contributed by atoms with van der Waals surface area (Å²) in [7, 11) is 0. The minimum Gasteiger partial charge on any atom is -0.454 e. The molecule has 0 spiro atoms. The van der Waals surface area contributed by atoms with Gasteiger partial charge in [0, 0.05) is 33.7 Å². The van der Waals surface area contributed by atoms with Crippen LogP contribution in [0.15, 0.2) is 150 Å². The molecular formula is C42H24N4O. The Morgan fingerprint density at radius 2 is 0.936 bits per heavy atom. The first-order valence-electron chi connectivity index (χ1n) is 15.6. The molecule has 0 atom stereocenters. The van der Waals surface area contributed by atoms with Crippen molar-refractivity contribution >= 4 is 65.2 Å². The third-order valence-corrected chi connectivity index (χ3v) is 9.12. The highest BCUT2D eigenvalue weighted by Crippen LogP contribution is 2.36. The van der Waals surface area contributed by atoms with Gasteiger partial charge in [-0.1, -0.05) is 103 Å². The van der Waals surface area contributed by atoms with E-state index in [9.17, 15) is 0 Å². The predicted octanol–water partition coefficient (Wildman–Crippen LogP) is 10.8.